The van der Waals surface area contributed by atoms with Gasteiger partial charge in [-0.3, -0.25) is 4.99 Å². The van der Waals surface area contributed by atoms with Gasteiger partial charge in [0.25, 0.3) is 0 Å². The molecule has 2 heterocycles. The Morgan fingerprint density at radius 3 is 2.57 bits per heavy atom. The van der Waals surface area contributed by atoms with E-state index in [-0.39, 0.29) is 29.4 Å². The van der Waals surface area contributed by atoms with Crippen LogP contribution in [0.3, 0.4) is 0 Å². The van der Waals surface area contributed by atoms with E-state index >= 15 is 0 Å². The second-order valence-corrected chi connectivity index (χ2v) is 7.39. The van der Waals surface area contributed by atoms with Gasteiger partial charge in [0.2, 0.25) is 0 Å². The van der Waals surface area contributed by atoms with Crippen molar-refractivity contribution in [3.63, 3.8) is 0 Å². The summed E-state index contributed by atoms with van der Waals surface area (Å²) in [6.45, 7) is 10.1. The second kappa shape index (κ2) is 8.34. The first-order chi connectivity index (χ1) is 10.6. The summed E-state index contributed by atoms with van der Waals surface area (Å²) in [6, 6.07) is 0.934. The van der Waals surface area contributed by atoms with E-state index < -0.39 is 0 Å². The zero-order valence-corrected chi connectivity index (χ0v) is 17.0. The van der Waals surface area contributed by atoms with Crippen molar-refractivity contribution >= 4 is 29.9 Å². The third-order valence-electron chi connectivity index (χ3n) is 5.50. The predicted molar refractivity (Wildman–Crippen MR) is 104 cm³/mol. The van der Waals surface area contributed by atoms with Gasteiger partial charge in [-0.15, -0.1) is 24.0 Å². The van der Waals surface area contributed by atoms with Crippen LogP contribution in [0.5, 0.6) is 0 Å². The molecule has 6 heteroatoms. The zero-order valence-electron chi connectivity index (χ0n) is 14.6. The topological polar surface area (TPSA) is 54.9 Å². The lowest BCUT2D eigenvalue weighted by Gasteiger charge is -2.60. The monoisotopic (exact) mass is 437 g/mol. The van der Waals surface area contributed by atoms with Gasteiger partial charge in [0.1, 0.15) is 0 Å². The molecule has 0 aromatic rings. The summed E-state index contributed by atoms with van der Waals surface area (Å²) < 4.78 is 11.4. The first kappa shape index (κ1) is 19.2. The van der Waals surface area contributed by atoms with Gasteiger partial charge in [-0.2, -0.15) is 0 Å². The molecule has 3 rings (SSSR count). The van der Waals surface area contributed by atoms with Crippen LogP contribution in [0.1, 0.15) is 46.5 Å². The molecule has 0 spiro atoms. The Bertz CT molecular complexity index is 411. The largest absolute Gasteiger partial charge is 0.381 e. The SMILES string of the molecule is CCN=C(NC1CCOCC1)NC1C2CCCOC2C1(C)C.I. The predicted octanol–water partition coefficient (Wildman–Crippen LogP) is 2.54. The Balaban J connectivity index is 0.00000192. The van der Waals surface area contributed by atoms with Gasteiger partial charge in [0, 0.05) is 49.8 Å². The minimum absolute atomic E-state index is 0. The van der Waals surface area contributed by atoms with Crippen molar-refractivity contribution in [3.8, 4) is 0 Å². The maximum absolute atomic E-state index is 6.00. The molecule has 0 amide bonds. The van der Waals surface area contributed by atoms with Gasteiger partial charge >= 0.3 is 0 Å². The normalized spacial score (nSPS) is 33.9. The highest BCUT2D eigenvalue weighted by molar-refractivity contribution is 14.0. The van der Waals surface area contributed by atoms with E-state index in [1.165, 1.54) is 12.8 Å². The number of halogens is 1. The highest BCUT2D eigenvalue weighted by atomic mass is 127. The lowest BCUT2D eigenvalue weighted by Crippen LogP contribution is -2.71. The van der Waals surface area contributed by atoms with Crippen LogP contribution in [0.25, 0.3) is 0 Å². The molecule has 0 aromatic heterocycles. The van der Waals surface area contributed by atoms with Crippen molar-refractivity contribution in [2.45, 2.75) is 64.6 Å². The number of fused-ring (bicyclic) bond motifs is 1. The Morgan fingerprint density at radius 1 is 1.13 bits per heavy atom. The minimum Gasteiger partial charge on any atom is -0.381 e. The van der Waals surface area contributed by atoms with Crippen LogP contribution in [0.15, 0.2) is 4.99 Å². The van der Waals surface area contributed by atoms with E-state index in [1.54, 1.807) is 0 Å². The Labute approximate surface area is 157 Å². The third kappa shape index (κ3) is 4.12. The Morgan fingerprint density at radius 2 is 1.87 bits per heavy atom. The molecule has 1 saturated carbocycles. The third-order valence-corrected chi connectivity index (χ3v) is 5.50. The van der Waals surface area contributed by atoms with E-state index in [1.807, 2.05) is 0 Å². The number of nitrogens with one attached hydrogen (secondary N) is 2. The summed E-state index contributed by atoms with van der Waals surface area (Å²) >= 11 is 0. The number of hydrogen-bond donors (Lipinski definition) is 2. The molecule has 0 bridgehead atoms. The van der Waals surface area contributed by atoms with Crippen LogP contribution in [0.4, 0.5) is 0 Å². The smallest absolute Gasteiger partial charge is 0.191 e. The number of guanidine groups is 1. The number of nitrogens with zero attached hydrogens (tertiary/aromatic N) is 1. The van der Waals surface area contributed by atoms with Gasteiger partial charge < -0.3 is 20.1 Å². The van der Waals surface area contributed by atoms with Crippen LogP contribution in [-0.4, -0.2) is 50.5 Å². The summed E-state index contributed by atoms with van der Waals surface area (Å²) in [5.74, 6) is 1.60. The molecule has 2 aliphatic heterocycles. The van der Waals surface area contributed by atoms with Crippen LogP contribution in [-0.2, 0) is 9.47 Å². The molecule has 134 valence electrons. The number of ether oxygens (including phenoxy) is 2. The van der Waals surface area contributed by atoms with Gasteiger partial charge in [0.15, 0.2) is 5.96 Å². The summed E-state index contributed by atoms with van der Waals surface area (Å²) in [5, 5.41) is 7.32. The number of rotatable bonds is 3. The highest BCUT2D eigenvalue weighted by Gasteiger charge is 2.58. The molecule has 2 saturated heterocycles. The number of aliphatic imine (C=N–C) groups is 1. The molecular formula is C17H32IN3O2. The van der Waals surface area contributed by atoms with Gasteiger partial charge in [-0.1, -0.05) is 13.8 Å². The average molecular weight is 437 g/mol. The first-order valence-electron chi connectivity index (χ1n) is 8.89. The highest BCUT2D eigenvalue weighted by Crippen LogP contribution is 2.51. The van der Waals surface area contributed by atoms with E-state index in [4.69, 9.17) is 9.47 Å². The van der Waals surface area contributed by atoms with Crippen molar-refractivity contribution in [1.82, 2.24) is 10.6 Å². The molecule has 0 radical (unpaired) electrons. The van der Waals surface area contributed by atoms with E-state index in [0.717, 1.165) is 45.2 Å². The molecule has 1 aliphatic carbocycles. The van der Waals surface area contributed by atoms with E-state index in [9.17, 15) is 0 Å². The van der Waals surface area contributed by atoms with Crippen molar-refractivity contribution in [2.75, 3.05) is 26.4 Å². The van der Waals surface area contributed by atoms with Crippen molar-refractivity contribution < 1.29 is 9.47 Å². The van der Waals surface area contributed by atoms with Crippen molar-refractivity contribution in [3.05, 3.63) is 0 Å². The molecule has 23 heavy (non-hydrogen) atoms. The minimum atomic E-state index is 0. The Hall–Kier alpha value is -0.0800. The average Bonchev–Trinajstić information content (AvgIpc) is 2.53. The fraction of sp³-hybridized carbons (Fsp3) is 0.941. The fourth-order valence-electron chi connectivity index (χ4n) is 4.29. The second-order valence-electron chi connectivity index (χ2n) is 7.39. The molecule has 3 unspecified atom stereocenters. The lowest BCUT2D eigenvalue weighted by atomic mass is 9.55. The van der Waals surface area contributed by atoms with Gasteiger partial charge in [-0.05, 0) is 32.6 Å². The number of hydrogen-bond acceptors (Lipinski definition) is 3. The van der Waals surface area contributed by atoms with Gasteiger partial charge in [0.05, 0.1) is 6.10 Å². The van der Waals surface area contributed by atoms with Gasteiger partial charge in [-0.25, -0.2) is 0 Å². The Kier molecular flexibility index (Phi) is 6.98. The molecule has 2 N–H and O–H groups in total. The molecule has 3 atom stereocenters. The summed E-state index contributed by atoms with van der Waals surface area (Å²) in [5.41, 5.74) is 0.178. The van der Waals surface area contributed by atoms with Crippen LogP contribution in [0, 0.1) is 11.3 Å². The molecule has 0 aromatic carbocycles. The van der Waals surface area contributed by atoms with Crippen molar-refractivity contribution in [2.24, 2.45) is 16.3 Å². The van der Waals surface area contributed by atoms with Crippen LogP contribution >= 0.6 is 24.0 Å². The van der Waals surface area contributed by atoms with Crippen molar-refractivity contribution in [1.29, 1.82) is 0 Å². The zero-order chi connectivity index (χ0) is 15.6. The summed E-state index contributed by atoms with van der Waals surface area (Å²) in [7, 11) is 0. The fourth-order valence-corrected chi connectivity index (χ4v) is 4.29. The summed E-state index contributed by atoms with van der Waals surface area (Å²) in [6.07, 6.45) is 4.98. The molecule has 3 fully saturated rings. The quantitative estimate of drug-likeness (QED) is 0.405. The van der Waals surface area contributed by atoms with Crippen LogP contribution < -0.4 is 10.6 Å². The van der Waals surface area contributed by atoms with E-state index in [2.05, 4.69) is 36.4 Å². The van der Waals surface area contributed by atoms with Crippen LogP contribution in [0.2, 0.25) is 0 Å². The maximum Gasteiger partial charge on any atom is 0.191 e. The standard InChI is InChI=1S/C17H31N3O2.HI/c1-4-18-16(19-12-7-10-21-11-8-12)20-14-13-6-5-9-22-15(13)17(14,2)3;/h12-15H,4-11H2,1-3H3,(H2,18,19,20);1H. The maximum atomic E-state index is 6.00. The first-order valence-corrected chi connectivity index (χ1v) is 8.89. The molecule has 3 aliphatic rings. The van der Waals surface area contributed by atoms with E-state index in [0.29, 0.717) is 24.1 Å². The lowest BCUT2D eigenvalue weighted by molar-refractivity contribution is -0.188. The molecular weight excluding hydrogens is 405 g/mol. The molecule has 5 nitrogen and oxygen atoms in total. The summed E-state index contributed by atoms with van der Waals surface area (Å²) in [4.78, 5) is 4.66.